The molecule has 0 unspecified atom stereocenters. The lowest BCUT2D eigenvalue weighted by Crippen LogP contribution is -2.34. The number of carbonyl (C=O) groups excluding carboxylic acids is 1. The molecule has 156 valence electrons. The Morgan fingerprint density at radius 1 is 1.13 bits per heavy atom. The SMILES string of the molecule is CCc1ccc2oc(-c3cc(NC(=S)NC(=O)c4ccc(Cl)cc4)ccc3O)nc2c1. The summed E-state index contributed by atoms with van der Waals surface area (Å²) in [6, 6.07) is 17.1. The molecule has 8 heteroatoms. The Bertz CT molecular complexity index is 1290. The first-order valence-corrected chi connectivity index (χ1v) is 10.3. The summed E-state index contributed by atoms with van der Waals surface area (Å²) in [4.78, 5) is 16.8. The molecule has 0 radical (unpaired) electrons. The van der Waals surface area contributed by atoms with E-state index in [1.807, 2.05) is 18.2 Å². The zero-order valence-electron chi connectivity index (χ0n) is 16.5. The molecule has 3 N–H and O–H groups in total. The first-order chi connectivity index (χ1) is 14.9. The van der Waals surface area contributed by atoms with Crippen molar-refractivity contribution in [1.82, 2.24) is 10.3 Å². The number of carbonyl (C=O) groups is 1. The molecular weight excluding hydrogens is 434 g/mol. The lowest BCUT2D eigenvalue weighted by molar-refractivity contribution is 0.0977. The van der Waals surface area contributed by atoms with Crippen LogP contribution < -0.4 is 10.6 Å². The number of aromatic hydroxyl groups is 1. The number of phenols is 1. The zero-order valence-corrected chi connectivity index (χ0v) is 18.1. The second-order valence-corrected chi connectivity index (χ2v) is 7.67. The van der Waals surface area contributed by atoms with Gasteiger partial charge in [0, 0.05) is 16.3 Å². The van der Waals surface area contributed by atoms with Gasteiger partial charge in [-0.25, -0.2) is 4.98 Å². The van der Waals surface area contributed by atoms with Gasteiger partial charge in [-0.1, -0.05) is 24.6 Å². The van der Waals surface area contributed by atoms with Gasteiger partial charge in [0.15, 0.2) is 10.7 Å². The molecule has 31 heavy (non-hydrogen) atoms. The number of aryl methyl sites for hydroxylation is 1. The van der Waals surface area contributed by atoms with Crippen LogP contribution in [0, 0.1) is 0 Å². The van der Waals surface area contributed by atoms with Crippen molar-refractivity contribution in [3.8, 4) is 17.2 Å². The van der Waals surface area contributed by atoms with Crippen molar-refractivity contribution in [2.75, 3.05) is 5.32 Å². The zero-order chi connectivity index (χ0) is 22.0. The van der Waals surface area contributed by atoms with Crippen LogP contribution in [-0.2, 0) is 6.42 Å². The summed E-state index contributed by atoms with van der Waals surface area (Å²) in [5.41, 5.74) is 3.90. The molecule has 0 aliphatic carbocycles. The summed E-state index contributed by atoms with van der Waals surface area (Å²) in [6.07, 6.45) is 0.891. The van der Waals surface area contributed by atoms with E-state index in [0.717, 1.165) is 17.5 Å². The topological polar surface area (TPSA) is 87.4 Å². The highest BCUT2D eigenvalue weighted by atomic mass is 35.5. The summed E-state index contributed by atoms with van der Waals surface area (Å²) in [6.45, 7) is 2.07. The molecule has 6 nitrogen and oxygen atoms in total. The maximum absolute atomic E-state index is 12.3. The van der Waals surface area contributed by atoms with Crippen LogP contribution in [-0.4, -0.2) is 21.1 Å². The lowest BCUT2D eigenvalue weighted by atomic mass is 10.1. The molecule has 0 atom stereocenters. The average molecular weight is 452 g/mol. The van der Waals surface area contributed by atoms with E-state index in [-0.39, 0.29) is 16.8 Å². The molecule has 4 rings (SSSR count). The van der Waals surface area contributed by atoms with E-state index in [2.05, 4.69) is 22.5 Å². The first-order valence-electron chi connectivity index (χ1n) is 9.53. The summed E-state index contributed by atoms with van der Waals surface area (Å²) in [5.74, 6) is -0.0525. The van der Waals surface area contributed by atoms with Crippen molar-refractivity contribution >= 4 is 51.6 Å². The van der Waals surface area contributed by atoms with Gasteiger partial charge in [0.2, 0.25) is 5.89 Å². The molecule has 4 aromatic rings. The van der Waals surface area contributed by atoms with E-state index < -0.39 is 0 Å². The lowest BCUT2D eigenvalue weighted by Gasteiger charge is -2.11. The van der Waals surface area contributed by atoms with Crippen molar-refractivity contribution in [3.63, 3.8) is 0 Å². The Hall–Kier alpha value is -3.42. The number of rotatable bonds is 4. The van der Waals surface area contributed by atoms with E-state index in [1.165, 1.54) is 6.07 Å². The molecule has 0 saturated carbocycles. The van der Waals surface area contributed by atoms with Gasteiger partial charge in [0.25, 0.3) is 5.91 Å². The molecule has 0 aliphatic rings. The van der Waals surface area contributed by atoms with E-state index >= 15 is 0 Å². The van der Waals surface area contributed by atoms with E-state index in [4.69, 9.17) is 28.2 Å². The van der Waals surface area contributed by atoms with Gasteiger partial charge in [0.05, 0.1) is 5.56 Å². The third kappa shape index (κ3) is 4.68. The molecule has 1 heterocycles. The predicted molar refractivity (Wildman–Crippen MR) is 126 cm³/mol. The van der Waals surface area contributed by atoms with Gasteiger partial charge in [-0.2, -0.15) is 0 Å². The predicted octanol–water partition coefficient (Wildman–Crippen LogP) is 5.54. The number of anilines is 1. The number of hydrogen-bond acceptors (Lipinski definition) is 5. The van der Waals surface area contributed by atoms with Crippen molar-refractivity contribution < 1.29 is 14.3 Å². The molecular formula is C23H18ClN3O3S. The van der Waals surface area contributed by atoms with E-state index in [0.29, 0.717) is 33.3 Å². The Kier molecular flexibility index (Phi) is 5.88. The number of nitrogens with one attached hydrogen (secondary N) is 2. The highest BCUT2D eigenvalue weighted by Crippen LogP contribution is 2.33. The van der Waals surface area contributed by atoms with Crippen LogP contribution in [0.1, 0.15) is 22.8 Å². The Morgan fingerprint density at radius 3 is 2.65 bits per heavy atom. The summed E-state index contributed by atoms with van der Waals surface area (Å²) in [7, 11) is 0. The van der Waals surface area contributed by atoms with Crippen molar-refractivity contribution in [2.24, 2.45) is 0 Å². The number of fused-ring (bicyclic) bond motifs is 1. The van der Waals surface area contributed by atoms with Crippen LogP contribution in [0.3, 0.4) is 0 Å². The number of aromatic nitrogens is 1. The van der Waals surface area contributed by atoms with Crippen LogP contribution >= 0.6 is 23.8 Å². The first kappa shape index (κ1) is 20.8. The van der Waals surface area contributed by atoms with E-state index in [1.54, 1.807) is 36.4 Å². The highest BCUT2D eigenvalue weighted by Gasteiger charge is 2.15. The molecule has 1 aromatic heterocycles. The van der Waals surface area contributed by atoms with Gasteiger partial charge >= 0.3 is 0 Å². The van der Waals surface area contributed by atoms with Crippen molar-refractivity contribution in [3.05, 3.63) is 76.8 Å². The minimum Gasteiger partial charge on any atom is -0.507 e. The minimum absolute atomic E-state index is 0.0175. The molecule has 0 spiro atoms. The van der Waals surface area contributed by atoms with E-state index in [9.17, 15) is 9.90 Å². The average Bonchev–Trinajstić information content (AvgIpc) is 3.18. The summed E-state index contributed by atoms with van der Waals surface area (Å²) < 4.78 is 5.81. The Labute approximate surface area is 188 Å². The van der Waals surface area contributed by atoms with Gasteiger partial charge in [-0.15, -0.1) is 0 Å². The summed E-state index contributed by atoms with van der Waals surface area (Å²) in [5, 5.41) is 16.5. The highest BCUT2D eigenvalue weighted by molar-refractivity contribution is 7.80. The molecule has 0 fully saturated rings. The molecule has 0 aliphatic heterocycles. The maximum atomic E-state index is 12.3. The number of benzene rings is 3. The maximum Gasteiger partial charge on any atom is 0.257 e. The van der Waals surface area contributed by atoms with Crippen molar-refractivity contribution in [1.29, 1.82) is 0 Å². The van der Waals surface area contributed by atoms with Crippen molar-refractivity contribution in [2.45, 2.75) is 13.3 Å². The molecule has 3 aromatic carbocycles. The van der Waals surface area contributed by atoms with Crippen LogP contribution in [0.4, 0.5) is 5.69 Å². The Morgan fingerprint density at radius 2 is 1.90 bits per heavy atom. The van der Waals surface area contributed by atoms with Crippen LogP contribution in [0.5, 0.6) is 5.75 Å². The number of oxazole rings is 1. The third-order valence-corrected chi connectivity index (χ3v) is 5.13. The second kappa shape index (κ2) is 8.75. The number of phenolic OH excluding ortho intramolecular Hbond substituents is 1. The standard InChI is InChI=1S/C23H18ClN3O3S/c1-2-13-3-10-20-18(11-13)26-22(30-20)17-12-16(8-9-19(17)28)25-23(31)27-21(29)14-4-6-15(24)7-5-14/h3-12,28H,2H2,1H3,(H2,25,27,29,31). The third-order valence-electron chi connectivity index (χ3n) is 4.68. The monoisotopic (exact) mass is 451 g/mol. The molecule has 0 saturated heterocycles. The smallest absolute Gasteiger partial charge is 0.257 e. The fourth-order valence-corrected chi connectivity index (χ4v) is 3.37. The second-order valence-electron chi connectivity index (χ2n) is 6.82. The molecule has 0 bridgehead atoms. The number of hydrogen-bond donors (Lipinski definition) is 3. The number of thiocarbonyl (C=S) groups is 1. The van der Waals surface area contributed by atoms with Gasteiger partial charge in [0.1, 0.15) is 11.3 Å². The number of nitrogens with zero attached hydrogens (tertiary/aromatic N) is 1. The number of halogens is 1. The summed E-state index contributed by atoms with van der Waals surface area (Å²) >= 11 is 11.1. The van der Waals surface area contributed by atoms with Gasteiger partial charge in [-0.05, 0) is 78.8 Å². The normalized spacial score (nSPS) is 10.8. The fourth-order valence-electron chi connectivity index (χ4n) is 3.03. The minimum atomic E-state index is -0.362. The van der Waals surface area contributed by atoms with Crippen LogP contribution in [0.2, 0.25) is 5.02 Å². The van der Waals surface area contributed by atoms with Gasteiger partial charge < -0.3 is 14.8 Å². The quantitative estimate of drug-likeness (QED) is 0.279. The van der Waals surface area contributed by atoms with Crippen LogP contribution in [0.15, 0.2) is 65.1 Å². The van der Waals surface area contributed by atoms with Gasteiger partial charge in [-0.3, -0.25) is 10.1 Å². The largest absolute Gasteiger partial charge is 0.507 e. The Balaban J connectivity index is 1.53. The molecule has 1 amide bonds. The van der Waals surface area contributed by atoms with Crippen LogP contribution in [0.25, 0.3) is 22.6 Å². The number of amides is 1. The fraction of sp³-hybridized carbons (Fsp3) is 0.0870.